The van der Waals surface area contributed by atoms with E-state index in [0.717, 1.165) is 0 Å². The highest BCUT2D eigenvalue weighted by Gasteiger charge is 2.38. The third kappa shape index (κ3) is 1.68. The van der Waals surface area contributed by atoms with Crippen molar-refractivity contribution >= 4 is 5.97 Å². The number of hydrogen-bond acceptors (Lipinski definition) is 3. The predicted molar refractivity (Wildman–Crippen MR) is 30.8 cm³/mol. The lowest BCUT2D eigenvalue weighted by Crippen LogP contribution is -2.06. The Bertz CT molecular complexity index is 121. The Labute approximate surface area is 53.6 Å². The maximum Gasteiger partial charge on any atom is 0.305 e. The van der Waals surface area contributed by atoms with Crippen LogP contribution in [0.3, 0.4) is 0 Å². The molecule has 0 aliphatic heterocycles. The fourth-order valence-electron chi connectivity index (χ4n) is 0.538. The molecule has 1 aliphatic rings. The van der Waals surface area contributed by atoms with Gasteiger partial charge in [0.05, 0.1) is 6.10 Å². The van der Waals surface area contributed by atoms with E-state index in [0.29, 0.717) is 12.8 Å². The van der Waals surface area contributed by atoms with E-state index in [-0.39, 0.29) is 18.2 Å². The number of aliphatic hydroxyl groups is 1. The van der Waals surface area contributed by atoms with Gasteiger partial charge in [-0.05, 0) is 0 Å². The zero-order valence-electron chi connectivity index (χ0n) is 5.33. The summed E-state index contributed by atoms with van der Waals surface area (Å²) in [5.74, 6) is -0.225. The fraction of sp³-hybridized carbons (Fsp3) is 0.833. The first-order valence-electron chi connectivity index (χ1n) is 3.11. The average Bonchev–Trinajstić information content (AvgIpc) is 2.47. The van der Waals surface area contributed by atoms with Crippen LogP contribution in [0.15, 0.2) is 0 Å². The third-order valence-electron chi connectivity index (χ3n) is 1.27. The number of rotatable bonds is 2. The summed E-state index contributed by atoms with van der Waals surface area (Å²) >= 11 is 0. The lowest BCUT2D eigenvalue weighted by Gasteiger charge is -1.97. The number of esters is 1. The quantitative estimate of drug-likeness (QED) is 0.538. The number of hydrogen-bond donors (Lipinski definition) is 1. The highest BCUT2D eigenvalue weighted by Crippen LogP contribution is 2.24. The van der Waals surface area contributed by atoms with E-state index < -0.39 is 0 Å². The van der Waals surface area contributed by atoms with Gasteiger partial charge in [0.15, 0.2) is 0 Å². The lowest BCUT2D eigenvalue weighted by atomic mass is 10.5. The Morgan fingerprint density at radius 3 is 2.78 bits per heavy atom. The molecule has 0 amide bonds. The molecular weight excluding hydrogens is 120 g/mol. The minimum atomic E-state index is -0.388. The summed E-state index contributed by atoms with van der Waals surface area (Å²) in [7, 11) is 0. The lowest BCUT2D eigenvalue weighted by molar-refractivity contribution is -0.145. The average molecular weight is 130 g/mol. The second-order valence-electron chi connectivity index (χ2n) is 2.18. The van der Waals surface area contributed by atoms with Gasteiger partial charge >= 0.3 is 5.97 Å². The minimum Gasteiger partial charge on any atom is -0.459 e. The van der Waals surface area contributed by atoms with Crippen LogP contribution < -0.4 is 0 Å². The molecule has 1 fully saturated rings. The molecule has 0 bridgehead atoms. The number of carbonyl (C=O) groups excluding carboxylic acids is 1. The van der Waals surface area contributed by atoms with Gasteiger partial charge in [-0.25, -0.2) is 0 Å². The van der Waals surface area contributed by atoms with Crippen LogP contribution >= 0.6 is 0 Å². The van der Waals surface area contributed by atoms with Gasteiger partial charge in [0.1, 0.15) is 6.10 Å². The van der Waals surface area contributed by atoms with Gasteiger partial charge in [0, 0.05) is 12.8 Å². The summed E-state index contributed by atoms with van der Waals surface area (Å²) in [6.45, 7) is 1.73. The van der Waals surface area contributed by atoms with Crippen LogP contribution in [0, 0.1) is 0 Å². The third-order valence-corrected chi connectivity index (χ3v) is 1.27. The molecule has 9 heavy (non-hydrogen) atoms. The molecule has 0 saturated heterocycles. The molecule has 0 spiro atoms. The minimum absolute atomic E-state index is 0.197. The van der Waals surface area contributed by atoms with Crippen LogP contribution in [0.1, 0.15) is 19.8 Å². The molecule has 2 unspecified atom stereocenters. The zero-order chi connectivity index (χ0) is 6.85. The number of aliphatic hydroxyl groups excluding tert-OH is 1. The van der Waals surface area contributed by atoms with Crippen molar-refractivity contribution in [1.82, 2.24) is 0 Å². The van der Waals surface area contributed by atoms with Gasteiger partial charge < -0.3 is 9.84 Å². The highest BCUT2D eigenvalue weighted by atomic mass is 16.6. The van der Waals surface area contributed by atoms with Crippen molar-refractivity contribution in [2.45, 2.75) is 32.0 Å². The standard InChI is InChI=1S/C6H10O3/c1-2-6(8)9-5-3-4(5)7/h4-5,7H,2-3H2,1H3. The Balaban J connectivity index is 2.12. The maximum absolute atomic E-state index is 10.5. The van der Waals surface area contributed by atoms with E-state index in [1.54, 1.807) is 6.92 Å². The molecule has 2 atom stereocenters. The van der Waals surface area contributed by atoms with Gasteiger partial charge in [0.25, 0.3) is 0 Å². The molecule has 0 aromatic heterocycles. The van der Waals surface area contributed by atoms with Crippen LogP contribution in [0.2, 0.25) is 0 Å². The summed E-state index contributed by atoms with van der Waals surface area (Å²) in [5.41, 5.74) is 0. The molecule has 0 aromatic rings. The smallest absolute Gasteiger partial charge is 0.305 e. The number of ether oxygens (including phenoxy) is 1. The van der Waals surface area contributed by atoms with E-state index >= 15 is 0 Å². The molecule has 1 rings (SSSR count). The van der Waals surface area contributed by atoms with Gasteiger partial charge in [-0.15, -0.1) is 0 Å². The monoisotopic (exact) mass is 130 g/mol. The van der Waals surface area contributed by atoms with Crippen molar-refractivity contribution in [3.05, 3.63) is 0 Å². The first-order valence-corrected chi connectivity index (χ1v) is 3.11. The highest BCUT2D eigenvalue weighted by molar-refractivity contribution is 5.69. The predicted octanol–water partition coefficient (Wildman–Crippen LogP) is 0.0728. The first-order chi connectivity index (χ1) is 4.24. The second kappa shape index (κ2) is 2.35. The van der Waals surface area contributed by atoms with Crippen molar-refractivity contribution in [2.24, 2.45) is 0 Å². The van der Waals surface area contributed by atoms with E-state index in [1.807, 2.05) is 0 Å². The topological polar surface area (TPSA) is 46.5 Å². The Kier molecular flexibility index (Phi) is 1.71. The van der Waals surface area contributed by atoms with E-state index in [9.17, 15) is 4.79 Å². The molecule has 1 aliphatic carbocycles. The number of carbonyl (C=O) groups is 1. The zero-order valence-corrected chi connectivity index (χ0v) is 5.33. The van der Waals surface area contributed by atoms with E-state index in [4.69, 9.17) is 9.84 Å². The summed E-state index contributed by atoms with van der Waals surface area (Å²) in [6, 6.07) is 0. The largest absolute Gasteiger partial charge is 0.459 e. The van der Waals surface area contributed by atoms with Crippen molar-refractivity contribution in [3.8, 4) is 0 Å². The molecule has 1 N–H and O–H groups in total. The molecule has 1 saturated carbocycles. The molecule has 52 valence electrons. The van der Waals surface area contributed by atoms with E-state index in [1.165, 1.54) is 0 Å². The van der Waals surface area contributed by atoms with Crippen LogP contribution in [-0.4, -0.2) is 23.3 Å². The summed E-state index contributed by atoms with van der Waals surface area (Å²) in [4.78, 5) is 10.5. The summed E-state index contributed by atoms with van der Waals surface area (Å²) in [5, 5.41) is 8.69. The summed E-state index contributed by atoms with van der Waals surface area (Å²) < 4.78 is 4.73. The van der Waals surface area contributed by atoms with Gasteiger partial charge in [0.2, 0.25) is 0 Å². The van der Waals surface area contributed by atoms with Crippen LogP contribution in [0.4, 0.5) is 0 Å². The molecule has 3 nitrogen and oxygen atoms in total. The van der Waals surface area contributed by atoms with E-state index in [2.05, 4.69) is 0 Å². The molecule has 0 heterocycles. The van der Waals surface area contributed by atoms with Gasteiger partial charge in [-0.1, -0.05) is 6.92 Å². The SMILES string of the molecule is CCC(=O)OC1CC1O. The normalized spacial score (nSPS) is 31.8. The Morgan fingerprint density at radius 1 is 1.89 bits per heavy atom. The summed E-state index contributed by atoms with van der Waals surface area (Å²) in [6.07, 6.45) is 0.424. The van der Waals surface area contributed by atoms with Gasteiger partial charge in [-0.2, -0.15) is 0 Å². The van der Waals surface area contributed by atoms with Crippen LogP contribution in [0.25, 0.3) is 0 Å². The van der Waals surface area contributed by atoms with Gasteiger partial charge in [-0.3, -0.25) is 4.79 Å². The van der Waals surface area contributed by atoms with Crippen molar-refractivity contribution in [2.75, 3.05) is 0 Å². The maximum atomic E-state index is 10.5. The van der Waals surface area contributed by atoms with Crippen molar-refractivity contribution in [3.63, 3.8) is 0 Å². The van der Waals surface area contributed by atoms with Crippen molar-refractivity contribution < 1.29 is 14.6 Å². The first kappa shape index (κ1) is 6.55. The van der Waals surface area contributed by atoms with Crippen LogP contribution in [-0.2, 0) is 9.53 Å². The molecule has 0 aromatic carbocycles. The van der Waals surface area contributed by atoms with Crippen molar-refractivity contribution in [1.29, 1.82) is 0 Å². The van der Waals surface area contributed by atoms with Crippen LogP contribution in [0.5, 0.6) is 0 Å². The Hall–Kier alpha value is -0.570. The molecular formula is C6H10O3. The Morgan fingerprint density at radius 2 is 2.44 bits per heavy atom. The molecule has 3 heteroatoms. The fourth-order valence-corrected chi connectivity index (χ4v) is 0.538. The molecule has 0 radical (unpaired) electrons. The second-order valence-corrected chi connectivity index (χ2v) is 2.18.